The molecule has 0 bridgehead atoms. The van der Waals surface area contributed by atoms with Crippen LogP contribution in [0.1, 0.15) is 25.3 Å². The number of carboxylic acid groups (broad SMARTS) is 2. The number of carbonyl (C=O) groups excluding carboxylic acids is 1. The smallest absolute Gasteiger partial charge is 0.490 e. The van der Waals surface area contributed by atoms with Crippen molar-refractivity contribution >= 4 is 29.5 Å². The van der Waals surface area contributed by atoms with Gasteiger partial charge in [0.25, 0.3) is 0 Å². The van der Waals surface area contributed by atoms with Crippen molar-refractivity contribution in [3.63, 3.8) is 0 Å². The lowest BCUT2D eigenvalue weighted by atomic mass is 9.89. The third-order valence-corrected chi connectivity index (χ3v) is 4.27. The van der Waals surface area contributed by atoms with E-state index in [2.05, 4.69) is 4.99 Å². The van der Waals surface area contributed by atoms with Crippen LogP contribution < -0.4 is 21.1 Å². The first-order valence-corrected chi connectivity index (χ1v) is 9.51. The van der Waals surface area contributed by atoms with E-state index in [-0.39, 0.29) is 18.3 Å². The normalized spacial score (nSPS) is 15.2. The lowest BCUT2D eigenvalue weighted by Gasteiger charge is -2.33. The van der Waals surface area contributed by atoms with Crippen LogP contribution in [-0.4, -0.2) is 59.9 Å². The molecule has 1 aliphatic heterocycles. The number of alkyl halides is 3. The number of rotatable bonds is 8. The first-order chi connectivity index (χ1) is 14.9. The van der Waals surface area contributed by atoms with E-state index in [0.717, 1.165) is 11.3 Å². The number of carboxylic acids is 2. The summed E-state index contributed by atoms with van der Waals surface area (Å²) in [5.74, 6) is -3.67. The second kappa shape index (κ2) is 11.8. The van der Waals surface area contributed by atoms with Gasteiger partial charge in [0.05, 0.1) is 24.6 Å². The molecule has 178 valence electrons. The standard InChI is InChI=1S/C17H24N4O4.C2HF3O2/c1-2-21-14-10-13(25-7-3-6-20-17(18)19)5-4-11(14)8-12(16(21)24)9-15(22)23;3-2(4,5)1(6)7/h4-5,10,12H,2-3,6-9H2,1H3,(H,22,23)(H4,18,19,20);(H,6,7). The van der Waals surface area contributed by atoms with Crippen molar-refractivity contribution < 1.29 is 42.5 Å². The van der Waals surface area contributed by atoms with Crippen LogP contribution in [0, 0.1) is 5.92 Å². The summed E-state index contributed by atoms with van der Waals surface area (Å²) in [5, 5.41) is 16.1. The van der Waals surface area contributed by atoms with Crippen molar-refractivity contribution in [2.24, 2.45) is 22.4 Å². The maximum atomic E-state index is 12.5. The van der Waals surface area contributed by atoms with E-state index in [4.69, 9.17) is 31.2 Å². The highest BCUT2D eigenvalue weighted by Gasteiger charge is 2.38. The number of guanidine groups is 1. The summed E-state index contributed by atoms with van der Waals surface area (Å²) in [7, 11) is 0. The third kappa shape index (κ3) is 8.32. The fraction of sp³-hybridized carbons (Fsp3) is 0.474. The van der Waals surface area contributed by atoms with Gasteiger partial charge in [-0.3, -0.25) is 14.6 Å². The van der Waals surface area contributed by atoms with Gasteiger partial charge in [-0.15, -0.1) is 0 Å². The van der Waals surface area contributed by atoms with E-state index in [1.807, 2.05) is 25.1 Å². The molecule has 0 saturated carbocycles. The number of nitrogens with zero attached hydrogens (tertiary/aromatic N) is 2. The molecule has 1 aromatic carbocycles. The molecule has 0 aliphatic carbocycles. The van der Waals surface area contributed by atoms with Gasteiger partial charge in [0, 0.05) is 25.6 Å². The molecule has 1 amide bonds. The number of hydrogen-bond acceptors (Lipinski definition) is 5. The molecule has 32 heavy (non-hydrogen) atoms. The van der Waals surface area contributed by atoms with Crippen LogP contribution in [0.5, 0.6) is 5.75 Å². The fourth-order valence-electron chi connectivity index (χ4n) is 2.91. The number of carbonyl (C=O) groups is 3. The molecule has 0 fully saturated rings. The third-order valence-electron chi connectivity index (χ3n) is 4.27. The summed E-state index contributed by atoms with van der Waals surface area (Å²) in [4.78, 5) is 37.9. The monoisotopic (exact) mass is 462 g/mol. The lowest BCUT2D eigenvalue weighted by Crippen LogP contribution is -2.42. The van der Waals surface area contributed by atoms with Crippen LogP contribution in [0.25, 0.3) is 0 Å². The quantitative estimate of drug-likeness (QED) is 0.255. The van der Waals surface area contributed by atoms with Crippen molar-refractivity contribution in [3.8, 4) is 5.75 Å². The summed E-state index contributed by atoms with van der Waals surface area (Å²) in [6.45, 7) is 3.30. The fourth-order valence-corrected chi connectivity index (χ4v) is 2.91. The molecule has 1 aromatic rings. The zero-order chi connectivity index (χ0) is 24.5. The van der Waals surface area contributed by atoms with E-state index in [1.165, 1.54) is 0 Å². The summed E-state index contributed by atoms with van der Waals surface area (Å²) < 4.78 is 37.4. The molecule has 0 saturated heterocycles. The van der Waals surface area contributed by atoms with E-state index in [9.17, 15) is 22.8 Å². The van der Waals surface area contributed by atoms with E-state index >= 15 is 0 Å². The molecule has 0 radical (unpaired) electrons. The van der Waals surface area contributed by atoms with Gasteiger partial charge in [0.1, 0.15) is 5.75 Å². The second-order valence-electron chi connectivity index (χ2n) is 6.68. The minimum Gasteiger partial charge on any atom is -0.493 e. The van der Waals surface area contributed by atoms with Crippen LogP contribution in [0.2, 0.25) is 0 Å². The number of ether oxygens (including phenoxy) is 1. The van der Waals surface area contributed by atoms with Crippen LogP contribution in [0.3, 0.4) is 0 Å². The topological polar surface area (TPSA) is 169 Å². The van der Waals surface area contributed by atoms with Gasteiger partial charge in [-0.1, -0.05) is 6.07 Å². The molecule has 1 atom stereocenters. The molecule has 2 rings (SSSR count). The Morgan fingerprint density at radius 1 is 1.28 bits per heavy atom. The molecule has 6 N–H and O–H groups in total. The Labute approximate surface area is 181 Å². The number of halogens is 3. The van der Waals surface area contributed by atoms with Crippen molar-refractivity contribution in [2.45, 2.75) is 32.4 Å². The van der Waals surface area contributed by atoms with Crippen molar-refractivity contribution in [1.82, 2.24) is 0 Å². The number of aliphatic imine (C=N–C) groups is 1. The molecular formula is C19H25F3N4O6. The Hall–Kier alpha value is -3.51. The number of nitrogens with two attached hydrogens (primary N) is 2. The first-order valence-electron chi connectivity index (χ1n) is 9.51. The van der Waals surface area contributed by atoms with E-state index < -0.39 is 24.0 Å². The summed E-state index contributed by atoms with van der Waals surface area (Å²) >= 11 is 0. The molecule has 1 aliphatic rings. The Morgan fingerprint density at radius 3 is 2.41 bits per heavy atom. The number of benzene rings is 1. The van der Waals surface area contributed by atoms with Gasteiger partial charge >= 0.3 is 18.1 Å². The predicted octanol–water partition coefficient (Wildman–Crippen LogP) is 1.36. The Bertz CT molecular complexity index is 856. The minimum atomic E-state index is -5.08. The zero-order valence-electron chi connectivity index (χ0n) is 17.3. The Balaban J connectivity index is 0.000000633. The van der Waals surface area contributed by atoms with Gasteiger partial charge in [-0.25, -0.2) is 4.79 Å². The van der Waals surface area contributed by atoms with Gasteiger partial charge < -0.3 is 31.3 Å². The second-order valence-corrected chi connectivity index (χ2v) is 6.68. The number of amides is 1. The SMILES string of the molecule is CCN1C(=O)C(CC(=O)O)Cc2ccc(OCCCN=C(N)N)cc21.O=C(O)C(F)(F)F. The first kappa shape index (κ1) is 26.5. The molecule has 13 heteroatoms. The molecule has 1 heterocycles. The maximum Gasteiger partial charge on any atom is 0.490 e. The highest BCUT2D eigenvalue weighted by Crippen LogP contribution is 2.34. The summed E-state index contributed by atoms with van der Waals surface area (Å²) in [6, 6.07) is 5.56. The molecular weight excluding hydrogens is 437 g/mol. The highest BCUT2D eigenvalue weighted by atomic mass is 19.4. The van der Waals surface area contributed by atoms with Crippen LogP contribution in [-0.2, 0) is 20.8 Å². The highest BCUT2D eigenvalue weighted by molar-refractivity contribution is 5.99. The maximum absolute atomic E-state index is 12.5. The van der Waals surface area contributed by atoms with Gasteiger partial charge in [0.2, 0.25) is 5.91 Å². The van der Waals surface area contributed by atoms with Crippen molar-refractivity contribution in [2.75, 3.05) is 24.6 Å². The Kier molecular flexibility index (Phi) is 9.75. The lowest BCUT2D eigenvalue weighted by molar-refractivity contribution is -0.192. The molecule has 0 spiro atoms. The predicted molar refractivity (Wildman–Crippen MR) is 108 cm³/mol. The summed E-state index contributed by atoms with van der Waals surface area (Å²) in [5.41, 5.74) is 12.3. The summed E-state index contributed by atoms with van der Waals surface area (Å²) in [6.07, 6.45) is -4.13. The van der Waals surface area contributed by atoms with Crippen molar-refractivity contribution in [1.29, 1.82) is 0 Å². The van der Waals surface area contributed by atoms with Gasteiger partial charge in [-0.05, 0) is 25.0 Å². The van der Waals surface area contributed by atoms with Crippen LogP contribution >= 0.6 is 0 Å². The largest absolute Gasteiger partial charge is 0.493 e. The number of fused-ring (bicyclic) bond motifs is 1. The molecule has 1 unspecified atom stereocenters. The van der Waals surface area contributed by atoms with E-state index in [0.29, 0.717) is 38.3 Å². The van der Waals surface area contributed by atoms with Gasteiger partial charge in [-0.2, -0.15) is 13.2 Å². The number of aliphatic carboxylic acids is 2. The van der Waals surface area contributed by atoms with Crippen LogP contribution in [0.15, 0.2) is 23.2 Å². The zero-order valence-corrected chi connectivity index (χ0v) is 17.3. The number of hydrogen-bond donors (Lipinski definition) is 4. The average molecular weight is 462 g/mol. The van der Waals surface area contributed by atoms with Gasteiger partial charge in [0.15, 0.2) is 5.96 Å². The Morgan fingerprint density at radius 2 is 1.91 bits per heavy atom. The molecule has 10 nitrogen and oxygen atoms in total. The van der Waals surface area contributed by atoms with Crippen LogP contribution in [0.4, 0.5) is 18.9 Å². The minimum absolute atomic E-state index is 0.0572. The average Bonchev–Trinajstić information content (AvgIpc) is 2.67. The van der Waals surface area contributed by atoms with Crippen molar-refractivity contribution in [3.05, 3.63) is 23.8 Å². The number of anilines is 1. The molecule has 0 aromatic heterocycles. The van der Waals surface area contributed by atoms with E-state index in [1.54, 1.807) is 4.90 Å².